The molecule has 2 unspecified atom stereocenters. The van der Waals surface area contributed by atoms with Crippen LogP contribution in [0.25, 0.3) is 0 Å². The summed E-state index contributed by atoms with van der Waals surface area (Å²) in [5, 5.41) is 7.05. The Labute approximate surface area is 99.3 Å². The van der Waals surface area contributed by atoms with Crippen LogP contribution in [0.15, 0.2) is 0 Å². The molecule has 0 amide bonds. The molecule has 0 radical (unpaired) electrons. The first-order valence-electron chi connectivity index (χ1n) is 6.94. The van der Waals surface area contributed by atoms with E-state index < -0.39 is 0 Å². The van der Waals surface area contributed by atoms with Crippen molar-refractivity contribution in [3.05, 3.63) is 0 Å². The Morgan fingerprint density at radius 3 is 3.00 bits per heavy atom. The van der Waals surface area contributed by atoms with Crippen molar-refractivity contribution in [2.75, 3.05) is 39.4 Å². The molecule has 0 aromatic rings. The average Bonchev–Trinajstić information content (AvgIpc) is 2.83. The minimum atomic E-state index is 0.774. The van der Waals surface area contributed by atoms with E-state index in [9.17, 15) is 0 Å². The van der Waals surface area contributed by atoms with Crippen LogP contribution in [0.4, 0.5) is 0 Å². The van der Waals surface area contributed by atoms with Gasteiger partial charge >= 0.3 is 0 Å². The van der Waals surface area contributed by atoms with E-state index in [1.807, 2.05) is 0 Å². The van der Waals surface area contributed by atoms with Crippen LogP contribution in [-0.4, -0.2) is 39.4 Å². The molecule has 2 N–H and O–H groups in total. The van der Waals surface area contributed by atoms with Crippen molar-refractivity contribution < 1.29 is 4.74 Å². The Morgan fingerprint density at radius 1 is 1.25 bits per heavy atom. The maximum Gasteiger partial charge on any atom is 0.0507 e. The van der Waals surface area contributed by atoms with E-state index in [0.29, 0.717) is 0 Å². The van der Waals surface area contributed by atoms with E-state index in [0.717, 1.165) is 31.6 Å². The largest absolute Gasteiger partial charge is 0.381 e. The summed E-state index contributed by atoms with van der Waals surface area (Å²) in [5.41, 5.74) is 0. The van der Waals surface area contributed by atoms with Gasteiger partial charge in [-0.3, -0.25) is 0 Å². The molecule has 3 heteroatoms. The van der Waals surface area contributed by atoms with Gasteiger partial charge in [-0.25, -0.2) is 0 Å². The molecule has 3 nitrogen and oxygen atoms in total. The van der Waals surface area contributed by atoms with Crippen LogP contribution >= 0.6 is 0 Å². The lowest BCUT2D eigenvalue weighted by atomic mass is 9.95. The third-order valence-electron chi connectivity index (χ3n) is 3.82. The molecule has 2 aliphatic rings. The molecule has 2 fully saturated rings. The molecule has 0 aromatic heterocycles. The van der Waals surface area contributed by atoms with E-state index in [-0.39, 0.29) is 0 Å². The molecule has 16 heavy (non-hydrogen) atoms. The van der Waals surface area contributed by atoms with Crippen molar-refractivity contribution in [2.24, 2.45) is 11.8 Å². The van der Waals surface area contributed by atoms with Gasteiger partial charge in [0.05, 0.1) is 6.61 Å². The van der Waals surface area contributed by atoms with E-state index in [2.05, 4.69) is 10.6 Å². The number of hydrogen-bond donors (Lipinski definition) is 2. The summed E-state index contributed by atoms with van der Waals surface area (Å²) in [6, 6.07) is 0. The van der Waals surface area contributed by atoms with Crippen molar-refractivity contribution in [1.82, 2.24) is 10.6 Å². The number of rotatable bonds is 6. The fourth-order valence-corrected chi connectivity index (χ4v) is 2.74. The van der Waals surface area contributed by atoms with Gasteiger partial charge in [0.2, 0.25) is 0 Å². The van der Waals surface area contributed by atoms with Crippen LogP contribution in [-0.2, 0) is 4.74 Å². The third kappa shape index (κ3) is 4.40. The van der Waals surface area contributed by atoms with Crippen molar-refractivity contribution in [2.45, 2.75) is 32.1 Å². The van der Waals surface area contributed by atoms with Crippen LogP contribution in [0.3, 0.4) is 0 Å². The SMILES string of the molecule is C1CNCC(CCCNCC2CCOC2)C1. The van der Waals surface area contributed by atoms with Gasteiger partial charge in [-0.1, -0.05) is 0 Å². The first-order valence-corrected chi connectivity index (χ1v) is 6.94. The van der Waals surface area contributed by atoms with Gasteiger partial charge < -0.3 is 15.4 Å². The normalized spacial score (nSPS) is 30.8. The maximum atomic E-state index is 5.36. The van der Waals surface area contributed by atoms with E-state index in [1.165, 1.54) is 51.7 Å². The molecular formula is C13H26N2O. The zero-order valence-corrected chi connectivity index (χ0v) is 10.3. The lowest BCUT2D eigenvalue weighted by Gasteiger charge is -2.22. The van der Waals surface area contributed by atoms with Gasteiger partial charge in [-0.05, 0) is 63.6 Å². The van der Waals surface area contributed by atoms with Crippen LogP contribution in [0.5, 0.6) is 0 Å². The smallest absolute Gasteiger partial charge is 0.0507 e. The van der Waals surface area contributed by atoms with Gasteiger partial charge in [0.25, 0.3) is 0 Å². The topological polar surface area (TPSA) is 33.3 Å². The van der Waals surface area contributed by atoms with E-state index in [4.69, 9.17) is 4.74 Å². The van der Waals surface area contributed by atoms with Crippen LogP contribution < -0.4 is 10.6 Å². The highest BCUT2D eigenvalue weighted by atomic mass is 16.5. The molecule has 0 aliphatic carbocycles. The van der Waals surface area contributed by atoms with Crippen LogP contribution in [0.2, 0.25) is 0 Å². The predicted molar refractivity (Wildman–Crippen MR) is 66.6 cm³/mol. The molecule has 2 heterocycles. The molecule has 0 bridgehead atoms. The highest BCUT2D eigenvalue weighted by molar-refractivity contribution is 4.70. The predicted octanol–water partition coefficient (Wildman–Crippen LogP) is 1.39. The first-order chi connectivity index (χ1) is 7.95. The second-order valence-electron chi connectivity index (χ2n) is 5.29. The van der Waals surface area contributed by atoms with E-state index >= 15 is 0 Å². The number of hydrogen-bond acceptors (Lipinski definition) is 3. The lowest BCUT2D eigenvalue weighted by molar-refractivity contribution is 0.185. The van der Waals surface area contributed by atoms with Crippen LogP contribution in [0.1, 0.15) is 32.1 Å². The average molecular weight is 226 g/mol. The summed E-state index contributed by atoms with van der Waals surface area (Å²) in [4.78, 5) is 0. The zero-order chi connectivity index (χ0) is 11.1. The van der Waals surface area contributed by atoms with Crippen molar-refractivity contribution in [3.8, 4) is 0 Å². The minimum Gasteiger partial charge on any atom is -0.381 e. The maximum absolute atomic E-state index is 5.36. The van der Waals surface area contributed by atoms with Gasteiger partial charge in [-0.15, -0.1) is 0 Å². The lowest BCUT2D eigenvalue weighted by Crippen LogP contribution is -2.30. The quantitative estimate of drug-likeness (QED) is 0.672. The standard InChI is InChI=1S/C13H26N2O/c1-3-12(9-14-6-1)4-2-7-15-10-13-5-8-16-11-13/h12-15H,1-11H2. The fourth-order valence-electron chi connectivity index (χ4n) is 2.74. The van der Waals surface area contributed by atoms with E-state index in [1.54, 1.807) is 0 Å². The highest BCUT2D eigenvalue weighted by Crippen LogP contribution is 2.15. The fraction of sp³-hybridized carbons (Fsp3) is 1.00. The second-order valence-corrected chi connectivity index (χ2v) is 5.29. The molecular weight excluding hydrogens is 200 g/mol. The summed E-state index contributed by atoms with van der Waals surface area (Å²) in [7, 11) is 0. The molecule has 0 saturated carbocycles. The van der Waals surface area contributed by atoms with Gasteiger partial charge in [0.15, 0.2) is 0 Å². The van der Waals surface area contributed by atoms with Gasteiger partial charge in [0, 0.05) is 13.2 Å². The molecule has 2 saturated heterocycles. The Hall–Kier alpha value is -0.120. The Bertz CT molecular complexity index is 175. The number of nitrogens with one attached hydrogen (secondary N) is 2. The Balaban J connectivity index is 1.42. The minimum absolute atomic E-state index is 0.774. The van der Waals surface area contributed by atoms with Crippen molar-refractivity contribution in [1.29, 1.82) is 0 Å². The zero-order valence-electron chi connectivity index (χ0n) is 10.3. The molecule has 2 atom stereocenters. The summed E-state index contributed by atoms with van der Waals surface area (Å²) in [6.45, 7) is 6.77. The first kappa shape index (κ1) is 12.3. The Morgan fingerprint density at radius 2 is 2.25 bits per heavy atom. The molecule has 2 rings (SSSR count). The van der Waals surface area contributed by atoms with Gasteiger partial charge in [0.1, 0.15) is 0 Å². The van der Waals surface area contributed by atoms with Gasteiger partial charge in [-0.2, -0.15) is 0 Å². The Kier molecular flexibility index (Phi) is 5.59. The number of piperidine rings is 1. The monoisotopic (exact) mass is 226 g/mol. The highest BCUT2D eigenvalue weighted by Gasteiger charge is 2.15. The summed E-state index contributed by atoms with van der Waals surface area (Å²) in [5.74, 6) is 1.71. The third-order valence-corrected chi connectivity index (χ3v) is 3.82. The molecule has 0 aromatic carbocycles. The van der Waals surface area contributed by atoms with Crippen molar-refractivity contribution >= 4 is 0 Å². The molecule has 0 spiro atoms. The second kappa shape index (κ2) is 7.25. The van der Waals surface area contributed by atoms with Crippen LogP contribution in [0, 0.1) is 11.8 Å². The summed E-state index contributed by atoms with van der Waals surface area (Å²) < 4.78 is 5.36. The van der Waals surface area contributed by atoms with Crippen molar-refractivity contribution in [3.63, 3.8) is 0 Å². The summed E-state index contributed by atoms with van der Waals surface area (Å²) in [6.07, 6.45) is 6.78. The molecule has 2 aliphatic heterocycles. The molecule has 94 valence electrons. The number of ether oxygens (including phenoxy) is 1. The summed E-state index contributed by atoms with van der Waals surface area (Å²) >= 11 is 0.